The van der Waals surface area contributed by atoms with Crippen molar-refractivity contribution in [2.45, 2.75) is 26.8 Å². The van der Waals surface area contributed by atoms with Gasteiger partial charge in [0.05, 0.1) is 18.4 Å². The van der Waals surface area contributed by atoms with Crippen LogP contribution in [0.15, 0.2) is 16.7 Å². The molecule has 1 heterocycles. The topological polar surface area (TPSA) is 68.5 Å². The first-order valence-corrected chi connectivity index (χ1v) is 5.07. The molecule has 1 unspecified atom stereocenters. The number of amides is 1. The lowest BCUT2D eigenvalue weighted by atomic mass is 10.2. The average Bonchev–Trinajstić information content (AvgIpc) is 2.64. The fraction of sp³-hybridized carbons (Fsp3) is 0.455. The number of furan rings is 1. The summed E-state index contributed by atoms with van der Waals surface area (Å²) < 4.78 is 9.77. The predicted octanol–water partition coefficient (Wildman–Crippen LogP) is 1.27. The van der Waals surface area contributed by atoms with E-state index in [1.54, 1.807) is 26.8 Å². The summed E-state index contributed by atoms with van der Waals surface area (Å²) >= 11 is 0. The number of nitrogens with one attached hydrogen (secondary N) is 1. The zero-order valence-electron chi connectivity index (χ0n) is 9.57. The number of ether oxygens (including phenoxy) is 1. The molecule has 1 N–H and O–H groups in total. The molecule has 16 heavy (non-hydrogen) atoms. The summed E-state index contributed by atoms with van der Waals surface area (Å²) in [5, 5.41) is 2.53. The van der Waals surface area contributed by atoms with Gasteiger partial charge in [-0.3, -0.25) is 4.79 Å². The Morgan fingerprint density at radius 3 is 2.75 bits per heavy atom. The molecule has 0 aliphatic heterocycles. The van der Waals surface area contributed by atoms with E-state index in [1.165, 1.54) is 6.26 Å². The van der Waals surface area contributed by atoms with E-state index in [0.29, 0.717) is 17.9 Å². The standard InChI is InChI=1S/C11H15NO4/c1-4-15-11(14)7(2)12-10(13)9-5-6-16-8(9)3/h5-7H,4H2,1-3H3,(H,12,13). The van der Waals surface area contributed by atoms with Gasteiger partial charge >= 0.3 is 5.97 Å². The summed E-state index contributed by atoms with van der Waals surface area (Å²) in [6.45, 7) is 5.27. The summed E-state index contributed by atoms with van der Waals surface area (Å²) in [6.07, 6.45) is 1.43. The van der Waals surface area contributed by atoms with Crippen molar-refractivity contribution in [3.8, 4) is 0 Å². The number of aryl methyl sites for hydroxylation is 1. The second-order valence-corrected chi connectivity index (χ2v) is 3.34. The van der Waals surface area contributed by atoms with Crippen LogP contribution < -0.4 is 5.32 Å². The van der Waals surface area contributed by atoms with Crippen LogP contribution in [-0.2, 0) is 9.53 Å². The van der Waals surface area contributed by atoms with E-state index >= 15 is 0 Å². The third-order valence-electron chi connectivity index (χ3n) is 2.09. The van der Waals surface area contributed by atoms with Crippen LogP contribution in [0.4, 0.5) is 0 Å². The zero-order valence-corrected chi connectivity index (χ0v) is 9.57. The largest absolute Gasteiger partial charge is 0.469 e. The molecule has 88 valence electrons. The lowest BCUT2D eigenvalue weighted by Crippen LogP contribution is -2.39. The molecule has 0 aromatic carbocycles. The highest BCUT2D eigenvalue weighted by atomic mass is 16.5. The van der Waals surface area contributed by atoms with E-state index in [-0.39, 0.29) is 5.91 Å². The van der Waals surface area contributed by atoms with Gasteiger partial charge in [0.2, 0.25) is 0 Å². The van der Waals surface area contributed by atoms with Crippen LogP contribution in [0.1, 0.15) is 30.0 Å². The second-order valence-electron chi connectivity index (χ2n) is 3.34. The van der Waals surface area contributed by atoms with E-state index in [0.717, 1.165) is 0 Å². The van der Waals surface area contributed by atoms with Crippen molar-refractivity contribution in [1.82, 2.24) is 5.32 Å². The van der Waals surface area contributed by atoms with Gasteiger partial charge in [0.1, 0.15) is 11.8 Å². The van der Waals surface area contributed by atoms with Crippen LogP contribution in [0.5, 0.6) is 0 Å². The van der Waals surface area contributed by atoms with E-state index in [9.17, 15) is 9.59 Å². The Labute approximate surface area is 93.8 Å². The van der Waals surface area contributed by atoms with Crippen LogP contribution >= 0.6 is 0 Å². The second kappa shape index (κ2) is 5.34. The van der Waals surface area contributed by atoms with Crippen molar-refractivity contribution in [2.75, 3.05) is 6.61 Å². The van der Waals surface area contributed by atoms with Crippen LogP contribution in [-0.4, -0.2) is 24.5 Å². The summed E-state index contributed by atoms with van der Waals surface area (Å²) in [7, 11) is 0. The maximum Gasteiger partial charge on any atom is 0.328 e. The molecule has 0 aliphatic rings. The quantitative estimate of drug-likeness (QED) is 0.783. The van der Waals surface area contributed by atoms with E-state index in [2.05, 4.69) is 5.32 Å². The van der Waals surface area contributed by atoms with E-state index < -0.39 is 12.0 Å². The lowest BCUT2D eigenvalue weighted by Gasteiger charge is -2.11. The summed E-state index contributed by atoms with van der Waals surface area (Å²) in [6, 6.07) is 0.893. The van der Waals surface area contributed by atoms with Crippen LogP contribution in [0.25, 0.3) is 0 Å². The van der Waals surface area contributed by atoms with Gasteiger partial charge in [-0.25, -0.2) is 4.79 Å². The fourth-order valence-electron chi connectivity index (χ4n) is 1.22. The lowest BCUT2D eigenvalue weighted by molar-refractivity contribution is -0.144. The molecule has 1 aromatic rings. The highest BCUT2D eigenvalue weighted by Crippen LogP contribution is 2.08. The highest BCUT2D eigenvalue weighted by Gasteiger charge is 2.19. The summed E-state index contributed by atoms with van der Waals surface area (Å²) in [5.74, 6) is -0.266. The fourth-order valence-corrected chi connectivity index (χ4v) is 1.22. The van der Waals surface area contributed by atoms with Crippen LogP contribution in [0.2, 0.25) is 0 Å². The minimum atomic E-state index is -0.665. The molecule has 5 heteroatoms. The van der Waals surface area contributed by atoms with Crippen molar-refractivity contribution < 1.29 is 18.7 Å². The number of hydrogen-bond acceptors (Lipinski definition) is 4. The smallest absolute Gasteiger partial charge is 0.328 e. The van der Waals surface area contributed by atoms with E-state index in [1.807, 2.05) is 0 Å². The normalized spacial score (nSPS) is 11.9. The van der Waals surface area contributed by atoms with Gasteiger partial charge < -0.3 is 14.5 Å². The predicted molar refractivity (Wildman–Crippen MR) is 57.0 cm³/mol. The zero-order chi connectivity index (χ0) is 12.1. The van der Waals surface area contributed by atoms with Crippen molar-refractivity contribution in [1.29, 1.82) is 0 Å². The van der Waals surface area contributed by atoms with Gasteiger partial charge in [0.15, 0.2) is 0 Å². The Kier molecular flexibility index (Phi) is 4.10. The maximum atomic E-state index is 11.7. The Morgan fingerprint density at radius 2 is 2.25 bits per heavy atom. The molecule has 0 bridgehead atoms. The van der Waals surface area contributed by atoms with Gasteiger partial charge in [-0.15, -0.1) is 0 Å². The number of carbonyl (C=O) groups is 2. The summed E-state index contributed by atoms with van der Waals surface area (Å²) in [5.41, 5.74) is 0.427. The van der Waals surface area contributed by atoms with Crippen molar-refractivity contribution >= 4 is 11.9 Å². The molecule has 0 saturated carbocycles. The van der Waals surface area contributed by atoms with Crippen molar-refractivity contribution in [3.05, 3.63) is 23.7 Å². The van der Waals surface area contributed by atoms with Crippen molar-refractivity contribution in [2.24, 2.45) is 0 Å². The molecule has 1 amide bonds. The molecule has 0 aliphatic carbocycles. The first-order chi connectivity index (χ1) is 7.56. The SMILES string of the molecule is CCOC(=O)C(C)NC(=O)c1ccoc1C. The minimum absolute atomic E-state index is 0.295. The van der Waals surface area contributed by atoms with Gasteiger partial charge in [0.25, 0.3) is 5.91 Å². The monoisotopic (exact) mass is 225 g/mol. The molecule has 0 radical (unpaired) electrons. The third-order valence-corrected chi connectivity index (χ3v) is 2.09. The first kappa shape index (κ1) is 12.3. The number of rotatable bonds is 4. The molecular formula is C11H15NO4. The Morgan fingerprint density at radius 1 is 1.56 bits per heavy atom. The molecule has 1 aromatic heterocycles. The van der Waals surface area contributed by atoms with Crippen molar-refractivity contribution in [3.63, 3.8) is 0 Å². The van der Waals surface area contributed by atoms with Gasteiger partial charge in [0, 0.05) is 0 Å². The third kappa shape index (κ3) is 2.85. The Bertz CT molecular complexity index is 383. The van der Waals surface area contributed by atoms with Gasteiger partial charge in [-0.1, -0.05) is 0 Å². The Hall–Kier alpha value is -1.78. The number of hydrogen-bond donors (Lipinski definition) is 1. The molecule has 0 saturated heterocycles. The first-order valence-electron chi connectivity index (χ1n) is 5.07. The molecule has 1 atom stereocenters. The molecule has 0 spiro atoms. The molecular weight excluding hydrogens is 210 g/mol. The maximum absolute atomic E-state index is 11.7. The van der Waals surface area contributed by atoms with Crippen LogP contribution in [0.3, 0.4) is 0 Å². The minimum Gasteiger partial charge on any atom is -0.469 e. The average molecular weight is 225 g/mol. The van der Waals surface area contributed by atoms with E-state index in [4.69, 9.17) is 9.15 Å². The van der Waals surface area contributed by atoms with Gasteiger partial charge in [-0.2, -0.15) is 0 Å². The molecule has 0 fully saturated rings. The number of carbonyl (C=O) groups excluding carboxylic acids is 2. The number of esters is 1. The molecule has 1 rings (SSSR count). The Balaban J connectivity index is 2.58. The summed E-state index contributed by atoms with van der Waals surface area (Å²) in [4.78, 5) is 22.9. The van der Waals surface area contributed by atoms with Gasteiger partial charge in [-0.05, 0) is 26.8 Å². The highest BCUT2D eigenvalue weighted by molar-refractivity contribution is 5.97. The van der Waals surface area contributed by atoms with Crippen LogP contribution in [0, 0.1) is 6.92 Å². The molecule has 5 nitrogen and oxygen atoms in total.